The van der Waals surface area contributed by atoms with Crippen LogP contribution in [0.2, 0.25) is 0 Å². The van der Waals surface area contributed by atoms with Crippen molar-refractivity contribution in [3.05, 3.63) is 101 Å². The second-order valence-electron chi connectivity index (χ2n) is 8.97. The smallest absolute Gasteiger partial charge is 0.261 e. The van der Waals surface area contributed by atoms with Gasteiger partial charge in [0.25, 0.3) is 5.91 Å². The Morgan fingerprint density at radius 3 is 2.09 bits per heavy atom. The van der Waals surface area contributed by atoms with E-state index in [-0.39, 0.29) is 18.4 Å². The molecule has 0 aliphatic carbocycles. The lowest BCUT2D eigenvalue weighted by molar-refractivity contribution is -0.142. The number of unbranched alkanes of at least 4 members (excludes halogenated alkanes) is 1. The van der Waals surface area contributed by atoms with E-state index in [1.165, 1.54) is 0 Å². The van der Waals surface area contributed by atoms with Crippen molar-refractivity contribution < 1.29 is 14.3 Å². The summed E-state index contributed by atoms with van der Waals surface area (Å²) in [6, 6.07) is 24.9. The summed E-state index contributed by atoms with van der Waals surface area (Å²) in [7, 11) is 0. The van der Waals surface area contributed by atoms with Gasteiger partial charge in [-0.1, -0.05) is 80.1 Å². The predicted molar refractivity (Wildman–Crippen MR) is 140 cm³/mol. The lowest BCUT2D eigenvalue weighted by Gasteiger charge is -2.31. The van der Waals surface area contributed by atoms with Gasteiger partial charge in [0.1, 0.15) is 11.8 Å². The van der Waals surface area contributed by atoms with Crippen LogP contribution in [0.3, 0.4) is 0 Å². The summed E-state index contributed by atoms with van der Waals surface area (Å²) in [5.41, 5.74) is 4.12. The monoisotopic (exact) mass is 472 g/mol. The number of hydrogen-bond acceptors (Lipinski definition) is 3. The van der Waals surface area contributed by atoms with Crippen molar-refractivity contribution in [3.8, 4) is 5.75 Å². The summed E-state index contributed by atoms with van der Waals surface area (Å²) in [5.74, 6) is 0.292. The van der Waals surface area contributed by atoms with E-state index in [4.69, 9.17) is 4.74 Å². The summed E-state index contributed by atoms with van der Waals surface area (Å²) in [6.07, 6.45) is 2.31. The van der Waals surface area contributed by atoms with Crippen molar-refractivity contribution in [2.24, 2.45) is 0 Å². The Balaban J connectivity index is 1.87. The molecule has 3 aromatic rings. The quantitative estimate of drug-likeness (QED) is 0.367. The van der Waals surface area contributed by atoms with E-state index in [9.17, 15) is 9.59 Å². The molecule has 5 heteroatoms. The highest BCUT2D eigenvalue weighted by Crippen LogP contribution is 2.18. The molecule has 0 aliphatic heterocycles. The number of hydrogen-bond donors (Lipinski definition) is 1. The Morgan fingerprint density at radius 1 is 0.886 bits per heavy atom. The number of aryl methyl sites for hydroxylation is 2. The molecule has 0 heterocycles. The van der Waals surface area contributed by atoms with E-state index in [2.05, 4.69) is 18.3 Å². The Morgan fingerprint density at radius 2 is 1.49 bits per heavy atom. The first-order chi connectivity index (χ1) is 17.0. The minimum Gasteiger partial charge on any atom is -0.484 e. The number of nitrogens with one attached hydrogen (secondary N) is 1. The summed E-state index contributed by atoms with van der Waals surface area (Å²) in [6.45, 7) is 6.87. The van der Waals surface area contributed by atoms with Gasteiger partial charge in [-0.15, -0.1) is 0 Å². The number of benzene rings is 3. The fraction of sp³-hybridized carbons (Fsp3) is 0.333. The van der Waals surface area contributed by atoms with Crippen LogP contribution in [0.25, 0.3) is 0 Å². The van der Waals surface area contributed by atoms with Gasteiger partial charge >= 0.3 is 0 Å². The predicted octanol–water partition coefficient (Wildman–Crippen LogP) is 5.24. The molecule has 0 saturated carbocycles. The summed E-state index contributed by atoms with van der Waals surface area (Å²) in [4.78, 5) is 28.6. The molecule has 1 atom stereocenters. The fourth-order valence-corrected chi connectivity index (χ4v) is 4.08. The maximum Gasteiger partial charge on any atom is 0.261 e. The van der Waals surface area contributed by atoms with Crippen LogP contribution in [0.4, 0.5) is 0 Å². The molecule has 3 aromatic carbocycles. The Kier molecular flexibility index (Phi) is 9.91. The molecule has 0 bridgehead atoms. The number of carbonyl (C=O) groups is 2. The third-order valence-electron chi connectivity index (χ3n) is 5.85. The van der Waals surface area contributed by atoms with Gasteiger partial charge in [0.05, 0.1) is 0 Å². The molecule has 0 fully saturated rings. The van der Waals surface area contributed by atoms with Gasteiger partial charge in [-0.25, -0.2) is 0 Å². The maximum absolute atomic E-state index is 13.6. The summed E-state index contributed by atoms with van der Waals surface area (Å²) in [5, 5.41) is 3.04. The van der Waals surface area contributed by atoms with Crippen LogP contribution in [-0.2, 0) is 22.6 Å². The summed E-state index contributed by atoms with van der Waals surface area (Å²) < 4.78 is 5.90. The number of ether oxygens (including phenoxy) is 1. The van der Waals surface area contributed by atoms with Crippen LogP contribution >= 0.6 is 0 Å². The van der Waals surface area contributed by atoms with Crippen LogP contribution < -0.4 is 10.1 Å². The molecule has 2 amide bonds. The molecular weight excluding hydrogens is 436 g/mol. The largest absolute Gasteiger partial charge is 0.484 e. The van der Waals surface area contributed by atoms with Gasteiger partial charge in [0, 0.05) is 19.5 Å². The van der Waals surface area contributed by atoms with E-state index < -0.39 is 6.04 Å². The van der Waals surface area contributed by atoms with Gasteiger partial charge in [-0.05, 0) is 54.7 Å². The Hall–Kier alpha value is -3.60. The highest BCUT2D eigenvalue weighted by molar-refractivity contribution is 5.88. The molecule has 0 radical (unpaired) electrons. The molecule has 0 spiro atoms. The van der Waals surface area contributed by atoms with Gasteiger partial charge in [-0.3, -0.25) is 9.59 Å². The van der Waals surface area contributed by atoms with Crippen molar-refractivity contribution in [2.45, 2.75) is 52.6 Å². The zero-order valence-electron chi connectivity index (χ0n) is 21.0. The second kappa shape index (κ2) is 13.3. The van der Waals surface area contributed by atoms with Crippen molar-refractivity contribution in [3.63, 3.8) is 0 Å². The first-order valence-electron chi connectivity index (χ1n) is 12.3. The van der Waals surface area contributed by atoms with Crippen LogP contribution in [0.1, 0.15) is 42.0 Å². The van der Waals surface area contributed by atoms with Crippen LogP contribution in [0, 0.1) is 13.8 Å². The van der Waals surface area contributed by atoms with Gasteiger partial charge in [0.15, 0.2) is 6.61 Å². The van der Waals surface area contributed by atoms with E-state index in [1.807, 2.05) is 86.6 Å². The SMILES string of the molecule is CCCCNC(=O)[C@@H](Cc1ccccc1)N(Cc1ccccc1)C(=O)COc1cc(C)cc(C)c1. The molecule has 0 aliphatic rings. The molecule has 35 heavy (non-hydrogen) atoms. The van der Waals surface area contributed by atoms with Crippen molar-refractivity contribution in [2.75, 3.05) is 13.2 Å². The average Bonchev–Trinajstić information content (AvgIpc) is 2.85. The van der Waals surface area contributed by atoms with Crippen LogP contribution in [-0.4, -0.2) is 35.9 Å². The number of carbonyl (C=O) groups excluding carboxylic acids is 2. The van der Waals surface area contributed by atoms with Crippen LogP contribution in [0.5, 0.6) is 5.75 Å². The molecule has 0 saturated heterocycles. The number of amides is 2. The Bertz CT molecular complexity index is 1060. The fourth-order valence-electron chi connectivity index (χ4n) is 4.08. The first kappa shape index (κ1) is 26.0. The van der Waals surface area contributed by atoms with E-state index in [0.29, 0.717) is 25.3 Å². The van der Waals surface area contributed by atoms with Crippen molar-refractivity contribution in [1.29, 1.82) is 0 Å². The van der Waals surface area contributed by atoms with Crippen molar-refractivity contribution >= 4 is 11.8 Å². The van der Waals surface area contributed by atoms with E-state index >= 15 is 0 Å². The van der Waals surface area contributed by atoms with Gasteiger partial charge in [-0.2, -0.15) is 0 Å². The molecule has 1 N–H and O–H groups in total. The molecule has 0 unspecified atom stereocenters. The topological polar surface area (TPSA) is 58.6 Å². The number of nitrogens with zero attached hydrogens (tertiary/aromatic N) is 1. The number of rotatable bonds is 12. The molecule has 0 aromatic heterocycles. The van der Waals surface area contributed by atoms with E-state index in [0.717, 1.165) is 35.1 Å². The minimum atomic E-state index is -0.648. The molecular formula is C30H36N2O3. The maximum atomic E-state index is 13.6. The molecule has 184 valence electrons. The molecule has 3 rings (SSSR count). The second-order valence-corrected chi connectivity index (χ2v) is 8.97. The standard InChI is InChI=1S/C30H36N2O3/c1-4-5-16-31-30(34)28(20-25-12-8-6-9-13-25)32(21-26-14-10-7-11-15-26)29(33)22-35-27-18-23(2)17-24(3)19-27/h6-15,17-19,28H,4-5,16,20-22H2,1-3H3,(H,31,34)/t28-/m1/s1. The molecule has 5 nitrogen and oxygen atoms in total. The minimum absolute atomic E-state index is 0.136. The lowest BCUT2D eigenvalue weighted by Crippen LogP contribution is -2.51. The highest BCUT2D eigenvalue weighted by atomic mass is 16.5. The lowest BCUT2D eigenvalue weighted by atomic mass is 10.0. The highest BCUT2D eigenvalue weighted by Gasteiger charge is 2.30. The van der Waals surface area contributed by atoms with E-state index in [1.54, 1.807) is 4.90 Å². The third kappa shape index (κ3) is 8.29. The zero-order valence-corrected chi connectivity index (χ0v) is 21.0. The van der Waals surface area contributed by atoms with Gasteiger partial charge in [0.2, 0.25) is 5.91 Å². The van der Waals surface area contributed by atoms with Gasteiger partial charge < -0.3 is 15.0 Å². The zero-order chi connectivity index (χ0) is 25.0. The normalized spacial score (nSPS) is 11.5. The van der Waals surface area contributed by atoms with Crippen molar-refractivity contribution in [1.82, 2.24) is 10.2 Å². The van der Waals surface area contributed by atoms with Crippen LogP contribution in [0.15, 0.2) is 78.9 Å². The average molecular weight is 473 g/mol. The summed E-state index contributed by atoms with van der Waals surface area (Å²) >= 11 is 0. The first-order valence-corrected chi connectivity index (χ1v) is 12.3. The third-order valence-corrected chi connectivity index (χ3v) is 5.85. The Labute approximate surface area is 209 Å².